The van der Waals surface area contributed by atoms with E-state index in [9.17, 15) is 0 Å². The lowest BCUT2D eigenvalue weighted by atomic mass is 10.0. The molecule has 92 valence electrons. The van der Waals surface area contributed by atoms with Crippen molar-refractivity contribution in [1.29, 1.82) is 0 Å². The summed E-state index contributed by atoms with van der Waals surface area (Å²) in [6.07, 6.45) is 5.78. The molecule has 0 amide bonds. The highest BCUT2D eigenvalue weighted by molar-refractivity contribution is 5.64. The van der Waals surface area contributed by atoms with Crippen molar-refractivity contribution in [3.8, 4) is 0 Å². The van der Waals surface area contributed by atoms with Crippen LogP contribution in [0.25, 0.3) is 5.57 Å². The van der Waals surface area contributed by atoms with Crippen LogP contribution in [0.2, 0.25) is 0 Å². The number of hydrogen-bond acceptors (Lipinski definition) is 2. The molecule has 2 heteroatoms. The molecule has 1 heterocycles. The van der Waals surface area contributed by atoms with E-state index in [4.69, 9.17) is 4.74 Å². The first-order valence-electron chi connectivity index (χ1n) is 6.04. The normalized spacial score (nSPS) is 12.2. The highest BCUT2D eigenvalue weighted by Crippen LogP contribution is 2.23. The second-order valence-electron chi connectivity index (χ2n) is 4.24. The molecule has 0 spiro atoms. The predicted octanol–water partition coefficient (Wildman–Crippen LogP) is 4.20. The molecule has 0 radical (unpaired) electrons. The van der Waals surface area contributed by atoms with Gasteiger partial charge in [-0.1, -0.05) is 12.1 Å². The van der Waals surface area contributed by atoms with Gasteiger partial charge in [0.15, 0.2) is 0 Å². The largest absolute Gasteiger partial charge is 0.495 e. The van der Waals surface area contributed by atoms with Crippen LogP contribution < -0.4 is 0 Å². The first-order valence-corrected chi connectivity index (χ1v) is 6.04. The number of nitrogens with zero attached hydrogens (tertiary/aromatic N) is 1. The molecule has 0 aliphatic carbocycles. The van der Waals surface area contributed by atoms with Crippen LogP contribution in [0.1, 0.15) is 39.3 Å². The maximum absolute atomic E-state index is 5.77. The molecule has 0 atom stereocenters. The maximum atomic E-state index is 5.77. The highest BCUT2D eigenvalue weighted by atomic mass is 16.5. The van der Waals surface area contributed by atoms with Crippen LogP contribution in [0.4, 0.5) is 0 Å². The van der Waals surface area contributed by atoms with E-state index in [1.165, 1.54) is 5.57 Å². The lowest BCUT2D eigenvalue weighted by Crippen LogP contribution is -2.03. The number of rotatable bonds is 6. The molecule has 0 aliphatic heterocycles. The molecule has 0 aliphatic rings. The van der Waals surface area contributed by atoms with Gasteiger partial charge in [0.25, 0.3) is 0 Å². The van der Waals surface area contributed by atoms with Gasteiger partial charge in [-0.05, 0) is 45.7 Å². The van der Waals surface area contributed by atoms with Crippen molar-refractivity contribution in [1.82, 2.24) is 4.98 Å². The number of allylic oxidation sites excluding steroid dienone is 3. The van der Waals surface area contributed by atoms with Crippen LogP contribution in [0.5, 0.6) is 0 Å². The fraction of sp³-hybridized carbons (Fsp3) is 0.400. The monoisotopic (exact) mass is 231 g/mol. The molecule has 0 saturated heterocycles. The van der Waals surface area contributed by atoms with Gasteiger partial charge in [0.05, 0.1) is 17.6 Å². The Labute approximate surface area is 104 Å². The van der Waals surface area contributed by atoms with E-state index in [0.717, 1.165) is 24.3 Å². The van der Waals surface area contributed by atoms with Gasteiger partial charge < -0.3 is 4.74 Å². The summed E-state index contributed by atoms with van der Waals surface area (Å²) in [5, 5.41) is 0. The molecule has 2 nitrogen and oxygen atoms in total. The van der Waals surface area contributed by atoms with E-state index in [-0.39, 0.29) is 6.10 Å². The van der Waals surface area contributed by atoms with Crippen LogP contribution in [0.3, 0.4) is 0 Å². The SMILES string of the molecule is C=CCC/C(=C(\C)OC(C)C)c1ccccn1. The fourth-order valence-electron chi connectivity index (χ4n) is 1.70. The summed E-state index contributed by atoms with van der Waals surface area (Å²) in [4.78, 5) is 4.39. The van der Waals surface area contributed by atoms with Gasteiger partial charge in [0, 0.05) is 11.8 Å². The second-order valence-corrected chi connectivity index (χ2v) is 4.24. The van der Waals surface area contributed by atoms with Crippen molar-refractivity contribution in [2.45, 2.75) is 39.7 Å². The molecule has 0 aromatic carbocycles. The quantitative estimate of drug-likeness (QED) is 0.540. The highest BCUT2D eigenvalue weighted by Gasteiger charge is 2.08. The standard InChI is InChI=1S/C15H21NO/c1-5-6-9-14(13(4)17-12(2)3)15-10-7-8-11-16-15/h5,7-8,10-12H,1,6,9H2,2-4H3/b14-13-. The minimum absolute atomic E-state index is 0.192. The van der Waals surface area contributed by atoms with E-state index in [1.807, 2.05) is 51.2 Å². The zero-order valence-electron chi connectivity index (χ0n) is 10.9. The Hall–Kier alpha value is -1.57. The van der Waals surface area contributed by atoms with Crippen LogP contribution in [-0.2, 0) is 4.74 Å². The first-order chi connectivity index (χ1) is 8.15. The van der Waals surface area contributed by atoms with Crippen LogP contribution in [0, 0.1) is 0 Å². The van der Waals surface area contributed by atoms with Gasteiger partial charge in [-0.25, -0.2) is 0 Å². The Bertz CT molecular complexity index is 379. The Morgan fingerprint density at radius 3 is 2.76 bits per heavy atom. The molecule has 1 aromatic rings. The van der Waals surface area contributed by atoms with Gasteiger partial charge in [-0.15, -0.1) is 6.58 Å². The Balaban J connectivity index is 2.98. The summed E-state index contributed by atoms with van der Waals surface area (Å²) < 4.78 is 5.77. The van der Waals surface area contributed by atoms with E-state index < -0.39 is 0 Å². The number of aromatic nitrogens is 1. The topological polar surface area (TPSA) is 22.1 Å². The van der Waals surface area contributed by atoms with E-state index >= 15 is 0 Å². The first kappa shape index (κ1) is 13.5. The third-order valence-corrected chi connectivity index (χ3v) is 2.41. The summed E-state index contributed by atoms with van der Waals surface area (Å²) >= 11 is 0. The van der Waals surface area contributed by atoms with Crippen molar-refractivity contribution in [3.63, 3.8) is 0 Å². The van der Waals surface area contributed by atoms with Gasteiger partial charge in [0.2, 0.25) is 0 Å². The predicted molar refractivity (Wildman–Crippen MR) is 72.5 cm³/mol. The average molecular weight is 231 g/mol. The molecule has 1 rings (SSSR count). The molecular weight excluding hydrogens is 210 g/mol. The minimum atomic E-state index is 0.192. The minimum Gasteiger partial charge on any atom is -0.495 e. The van der Waals surface area contributed by atoms with Crippen molar-refractivity contribution in [2.75, 3.05) is 0 Å². The summed E-state index contributed by atoms with van der Waals surface area (Å²) in [6.45, 7) is 9.84. The van der Waals surface area contributed by atoms with Crippen LogP contribution in [0.15, 0.2) is 42.8 Å². The third kappa shape index (κ3) is 4.43. The molecule has 0 bridgehead atoms. The molecule has 0 N–H and O–H groups in total. The maximum Gasteiger partial charge on any atom is 0.0986 e. The lowest BCUT2D eigenvalue weighted by molar-refractivity contribution is 0.150. The average Bonchev–Trinajstić information content (AvgIpc) is 2.30. The van der Waals surface area contributed by atoms with Crippen LogP contribution >= 0.6 is 0 Å². The Morgan fingerprint density at radius 1 is 1.47 bits per heavy atom. The summed E-state index contributed by atoms with van der Waals surface area (Å²) in [5.41, 5.74) is 2.16. The van der Waals surface area contributed by atoms with Crippen LogP contribution in [-0.4, -0.2) is 11.1 Å². The third-order valence-electron chi connectivity index (χ3n) is 2.41. The number of hydrogen-bond donors (Lipinski definition) is 0. The Kier molecular flexibility index (Phi) is 5.47. The summed E-state index contributed by atoms with van der Waals surface area (Å²) in [6, 6.07) is 5.94. The lowest BCUT2D eigenvalue weighted by Gasteiger charge is -2.15. The van der Waals surface area contributed by atoms with Crippen molar-refractivity contribution >= 4 is 5.57 Å². The molecule has 1 aromatic heterocycles. The fourth-order valence-corrected chi connectivity index (χ4v) is 1.70. The molecular formula is C15H21NO. The Morgan fingerprint density at radius 2 is 2.24 bits per heavy atom. The van der Waals surface area contributed by atoms with Crippen molar-refractivity contribution in [2.24, 2.45) is 0 Å². The second kappa shape index (κ2) is 6.89. The molecule has 0 fully saturated rings. The van der Waals surface area contributed by atoms with E-state index in [0.29, 0.717) is 0 Å². The zero-order chi connectivity index (χ0) is 12.7. The smallest absolute Gasteiger partial charge is 0.0986 e. The number of pyridine rings is 1. The summed E-state index contributed by atoms with van der Waals surface area (Å²) in [7, 11) is 0. The van der Waals surface area contributed by atoms with Gasteiger partial charge in [-0.2, -0.15) is 0 Å². The number of ether oxygens (including phenoxy) is 1. The van der Waals surface area contributed by atoms with Gasteiger partial charge >= 0.3 is 0 Å². The van der Waals surface area contributed by atoms with Gasteiger partial charge in [0.1, 0.15) is 0 Å². The van der Waals surface area contributed by atoms with Gasteiger partial charge in [-0.3, -0.25) is 4.98 Å². The molecule has 17 heavy (non-hydrogen) atoms. The van der Waals surface area contributed by atoms with Crippen molar-refractivity contribution in [3.05, 3.63) is 48.5 Å². The zero-order valence-corrected chi connectivity index (χ0v) is 10.9. The van der Waals surface area contributed by atoms with Crippen molar-refractivity contribution < 1.29 is 4.74 Å². The molecule has 0 saturated carbocycles. The van der Waals surface area contributed by atoms with E-state index in [1.54, 1.807) is 0 Å². The molecule has 0 unspecified atom stereocenters. The van der Waals surface area contributed by atoms with E-state index in [2.05, 4.69) is 11.6 Å². The summed E-state index contributed by atoms with van der Waals surface area (Å²) in [5.74, 6) is 0.959.